The fourth-order valence-corrected chi connectivity index (χ4v) is 5.20. The van der Waals surface area contributed by atoms with Crippen molar-refractivity contribution in [1.29, 1.82) is 0 Å². The van der Waals surface area contributed by atoms with Gasteiger partial charge in [-0.25, -0.2) is 8.42 Å². The summed E-state index contributed by atoms with van der Waals surface area (Å²) in [6.45, 7) is 3.04. The summed E-state index contributed by atoms with van der Waals surface area (Å²) in [5.41, 5.74) is 2.23. The number of sulfonamides is 1. The van der Waals surface area contributed by atoms with Gasteiger partial charge in [-0.15, -0.1) is 0 Å². The smallest absolute Gasteiger partial charge is 0.272 e. The normalized spacial score (nSPS) is 15.3. The number of nitrogens with one attached hydrogen (secondary N) is 1. The third kappa shape index (κ3) is 3.83. The predicted octanol–water partition coefficient (Wildman–Crippen LogP) is 2.99. The molecule has 9 heteroatoms. The molecule has 0 bridgehead atoms. The molecule has 0 radical (unpaired) electrons. The first kappa shape index (κ1) is 20.5. The van der Waals surface area contributed by atoms with Crippen LogP contribution in [0.15, 0.2) is 65.7 Å². The van der Waals surface area contributed by atoms with Crippen LogP contribution in [-0.4, -0.2) is 59.3 Å². The molecule has 0 saturated carbocycles. The number of aromatic amines is 1. The Kier molecular flexibility index (Phi) is 5.59. The fraction of sp³-hybridized carbons (Fsp3) is 0.238. The highest BCUT2D eigenvalue weighted by Crippen LogP contribution is 2.20. The van der Waals surface area contributed by atoms with Gasteiger partial charge in [0.2, 0.25) is 10.0 Å². The van der Waals surface area contributed by atoms with Crippen LogP contribution < -0.4 is 0 Å². The van der Waals surface area contributed by atoms with Crippen molar-refractivity contribution < 1.29 is 13.2 Å². The lowest BCUT2D eigenvalue weighted by Crippen LogP contribution is -2.50. The zero-order valence-electron chi connectivity index (χ0n) is 16.5. The summed E-state index contributed by atoms with van der Waals surface area (Å²) >= 11 is 5.36. The molecule has 2 heterocycles. The number of aryl methyl sites for hydroxylation is 1. The molecule has 1 aliphatic rings. The molecule has 0 unspecified atom stereocenters. The lowest BCUT2D eigenvalue weighted by molar-refractivity contribution is 0.0689. The Labute approximate surface area is 180 Å². The van der Waals surface area contributed by atoms with Crippen molar-refractivity contribution >= 4 is 28.1 Å². The summed E-state index contributed by atoms with van der Waals surface area (Å²) in [7, 11) is -3.57. The second-order valence-electron chi connectivity index (χ2n) is 7.16. The summed E-state index contributed by atoms with van der Waals surface area (Å²) in [6, 6.07) is 16.2. The first-order valence-electron chi connectivity index (χ1n) is 9.60. The number of piperazine rings is 1. The van der Waals surface area contributed by atoms with E-state index in [-0.39, 0.29) is 23.9 Å². The molecule has 156 valence electrons. The second-order valence-corrected chi connectivity index (χ2v) is 9.48. The molecule has 1 saturated heterocycles. The molecule has 1 aromatic heterocycles. The number of para-hydroxylation sites is 1. The van der Waals surface area contributed by atoms with Gasteiger partial charge in [0.05, 0.1) is 4.90 Å². The van der Waals surface area contributed by atoms with Gasteiger partial charge in [0.15, 0.2) is 4.77 Å². The van der Waals surface area contributed by atoms with E-state index in [1.54, 1.807) is 39.9 Å². The van der Waals surface area contributed by atoms with Crippen LogP contribution in [0.2, 0.25) is 0 Å². The Bertz CT molecular complexity index is 1210. The Balaban J connectivity index is 1.51. The first-order valence-corrected chi connectivity index (χ1v) is 11.4. The Morgan fingerprint density at radius 2 is 1.60 bits per heavy atom. The van der Waals surface area contributed by atoms with Gasteiger partial charge in [-0.2, -0.15) is 4.31 Å². The number of benzene rings is 2. The summed E-state index contributed by atoms with van der Waals surface area (Å²) in [5.74, 6) is -0.182. The van der Waals surface area contributed by atoms with Gasteiger partial charge in [-0.05, 0) is 43.4 Å². The van der Waals surface area contributed by atoms with Crippen molar-refractivity contribution in [2.75, 3.05) is 26.2 Å². The highest BCUT2D eigenvalue weighted by molar-refractivity contribution is 7.89. The molecule has 7 nitrogen and oxygen atoms in total. The zero-order chi connectivity index (χ0) is 21.3. The standard InChI is InChI=1S/C21H22N4O3S2/c1-16-7-9-18(10-8-16)30(27,28)24-13-11-23(12-14-24)20(26)19-15-22-21(29)25(19)17-5-3-2-4-6-17/h2-10,15H,11-14H2,1H3,(H,22,29). The number of hydrogen-bond donors (Lipinski definition) is 1. The summed E-state index contributed by atoms with van der Waals surface area (Å²) in [4.78, 5) is 18.0. The van der Waals surface area contributed by atoms with Gasteiger partial charge < -0.3 is 9.88 Å². The van der Waals surface area contributed by atoms with Gasteiger partial charge in [0.1, 0.15) is 5.69 Å². The van der Waals surface area contributed by atoms with Crippen LogP contribution in [0.1, 0.15) is 16.1 Å². The number of rotatable bonds is 4. The minimum Gasteiger partial charge on any atom is -0.336 e. The van der Waals surface area contributed by atoms with Crippen LogP contribution in [-0.2, 0) is 10.0 Å². The van der Waals surface area contributed by atoms with Crippen LogP contribution >= 0.6 is 12.2 Å². The van der Waals surface area contributed by atoms with Crippen molar-refractivity contribution in [3.63, 3.8) is 0 Å². The van der Waals surface area contributed by atoms with Gasteiger partial charge in [0.25, 0.3) is 5.91 Å². The average Bonchev–Trinajstić information content (AvgIpc) is 3.15. The van der Waals surface area contributed by atoms with E-state index >= 15 is 0 Å². The quantitative estimate of drug-likeness (QED) is 0.630. The number of imidazole rings is 1. The third-order valence-electron chi connectivity index (χ3n) is 5.19. The molecular formula is C21H22N4O3S2. The van der Waals surface area contributed by atoms with E-state index in [0.717, 1.165) is 11.3 Å². The van der Waals surface area contributed by atoms with Gasteiger partial charge in [-0.3, -0.25) is 9.36 Å². The summed E-state index contributed by atoms with van der Waals surface area (Å²) < 4.78 is 29.3. The monoisotopic (exact) mass is 442 g/mol. The van der Waals surface area contributed by atoms with E-state index in [0.29, 0.717) is 23.6 Å². The van der Waals surface area contributed by atoms with Gasteiger partial charge >= 0.3 is 0 Å². The highest BCUT2D eigenvalue weighted by Gasteiger charge is 2.31. The van der Waals surface area contributed by atoms with Gasteiger partial charge in [0, 0.05) is 38.1 Å². The largest absolute Gasteiger partial charge is 0.336 e. The number of hydrogen-bond acceptors (Lipinski definition) is 4. The van der Waals surface area contributed by atoms with Crippen molar-refractivity contribution in [2.45, 2.75) is 11.8 Å². The molecule has 0 spiro atoms. The topological polar surface area (TPSA) is 78.4 Å². The lowest BCUT2D eigenvalue weighted by Gasteiger charge is -2.34. The number of carbonyl (C=O) groups is 1. The molecule has 3 aromatic rings. The highest BCUT2D eigenvalue weighted by atomic mass is 32.2. The predicted molar refractivity (Wildman–Crippen MR) is 117 cm³/mol. The molecule has 1 N–H and O–H groups in total. The van der Waals surface area contributed by atoms with Crippen LogP contribution in [0.25, 0.3) is 5.69 Å². The van der Waals surface area contributed by atoms with Crippen molar-refractivity contribution in [3.8, 4) is 5.69 Å². The molecule has 4 rings (SSSR count). The summed E-state index contributed by atoms with van der Waals surface area (Å²) in [5, 5.41) is 0. The van der Waals surface area contributed by atoms with E-state index in [1.807, 2.05) is 37.3 Å². The first-order chi connectivity index (χ1) is 14.4. The minimum absolute atomic E-state index is 0.182. The van der Waals surface area contributed by atoms with E-state index in [1.165, 1.54) is 4.31 Å². The lowest BCUT2D eigenvalue weighted by atomic mass is 10.2. The zero-order valence-corrected chi connectivity index (χ0v) is 18.1. The van der Waals surface area contributed by atoms with Crippen LogP contribution in [0.4, 0.5) is 0 Å². The van der Waals surface area contributed by atoms with E-state index in [2.05, 4.69) is 4.98 Å². The average molecular weight is 443 g/mol. The fourth-order valence-electron chi connectivity index (χ4n) is 3.51. The van der Waals surface area contributed by atoms with Crippen molar-refractivity contribution in [2.24, 2.45) is 0 Å². The second kappa shape index (κ2) is 8.17. The van der Waals surface area contributed by atoms with E-state index < -0.39 is 10.0 Å². The molecule has 30 heavy (non-hydrogen) atoms. The number of H-pyrrole nitrogens is 1. The number of carbonyl (C=O) groups excluding carboxylic acids is 1. The number of aromatic nitrogens is 2. The SMILES string of the molecule is Cc1ccc(S(=O)(=O)N2CCN(C(=O)c3c[nH]c(=S)n3-c3ccccc3)CC2)cc1. The van der Waals surface area contributed by atoms with Crippen LogP contribution in [0.3, 0.4) is 0 Å². The molecule has 1 amide bonds. The maximum Gasteiger partial charge on any atom is 0.272 e. The molecule has 1 aliphatic heterocycles. The van der Waals surface area contributed by atoms with Crippen molar-refractivity contribution in [1.82, 2.24) is 18.8 Å². The van der Waals surface area contributed by atoms with Gasteiger partial charge in [-0.1, -0.05) is 35.9 Å². The summed E-state index contributed by atoms with van der Waals surface area (Å²) in [6.07, 6.45) is 1.60. The molecule has 1 fully saturated rings. The van der Waals surface area contributed by atoms with E-state index in [4.69, 9.17) is 12.2 Å². The molecule has 2 aromatic carbocycles. The Morgan fingerprint density at radius 1 is 0.967 bits per heavy atom. The van der Waals surface area contributed by atoms with E-state index in [9.17, 15) is 13.2 Å². The third-order valence-corrected chi connectivity index (χ3v) is 7.41. The Hall–Kier alpha value is -2.75. The van der Waals surface area contributed by atoms with Crippen LogP contribution in [0, 0.1) is 11.7 Å². The Morgan fingerprint density at radius 3 is 2.23 bits per heavy atom. The minimum atomic E-state index is -3.57. The van der Waals surface area contributed by atoms with Crippen molar-refractivity contribution in [3.05, 3.63) is 76.8 Å². The maximum absolute atomic E-state index is 13.1. The van der Waals surface area contributed by atoms with Crippen LogP contribution in [0.5, 0.6) is 0 Å². The molecule has 0 atom stereocenters. The number of nitrogens with zero attached hydrogens (tertiary/aromatic N) is 3. The molecular weight excluding hydrogens is 420 g/mol. The maximum atomic E-state index is 13.1. The molecule has 0 aliphatic carbocycles. The number of amides is 1.